The van der Waals surface area contributed by atoms with Gasteiger partial charge in [-0.25, -0.2) is 0 Å². The molecule has 15 heavy (non-hydrogen) atoms. The molecule has 1 aliphatic rings. The van der Waals surface area contributed by atoms with Crippen LogP contribution < -0.4 is 0 Å². The predicted molar refractivity (Wildman–Crippen MR) is 60.5 cm³/mol. The molecule has 1 aliphatic heterocycles. The van der Waals surface area contributed by atoms with Crippen molar-refractivity contribution in [2.24, 2.45) is 0 Å². The highest BCUT2D eigenvalue weighted by Gasteiger charge is 2.13. The van der Waals surface area contributed by atoms with E-state index in [2.05, 4.69) is 12.1 Å². The molecule has 0 aromatic heterocycles. The van der Waals surface area contributed by atoms with E-state index in [0.717, 1.165) is 19.5 Å². The van der Waals surface area contributed by atoms with Gasteiger partial charge in [-0.05, 0) is 12.0 Å². The van der Waals surface area contributed by atoms with Gasteiger partial charge in [-0.2, -0.15) is 0 Å². The van der Waals surface area contributed by atoms with E-state index in [9.17, 15) is 4.79 Å². The van der Waals surface area contributed by atoms with Crippen molar-refractivity contribution in [3.8, 4) is 0 Å². The number of aryl methyl sites for hydroxylation is 1. The molecule has 0 saturated carbocycles. The zero-order valence-electron chi connectivity index (χ0n) is 8.73. The molecule has 0 aliphatic carbocycles. The van der Waals surface area contributed by atoms with Crippen molar-refractivity contribution in [1.29, 1.82) is 0 Å². The number of hydrogen-bond donors (Lipinski definition) is 0. The monoisotopic (exact) mass is 201 g/mol. The van der Waals surface area contributed by atoms with E-state index < -0.39 is 0 Å². The molecule has 2 nitrogen and oxygen atoms in total. The molecule has 1 aromatic carbocycles. The first-order valence-electron chi connectivity index (χ1n) is 5.33. The highest BCUT2D eigenvalue weighted by molar-refractivity contribution is 5.77. The van der Waals surface area contributed by atoms with Gasteiger partial charge < -0.3 is 4.90 Å². The summed E-state index contributed by atoms with van der Waals surface area (Å²) >= 11 is 0. The SMILES string of the molecule is O=C(CCc1ccccc1)N1CC=CC1. The van der Waals surface area contributed by atoms with E-state index in [1.165, 1.54) is 5.56 Å². The molecule has 78 valence electrons. The molecule has 0 spiro atoms. The van der Waals surface area contributed by atoms with E-state index in [4.69, 9.17) is 0 Å². The fraction of sp³-hybridized carbons (Fsp3) is 0.308. The van der Waals surface area contributed by atoms with E-state index in [0.29, 0.717) is 6.42 Å². The largest absolute Gasteiger partial charge is 0.335 e. The van der Waals surface area contributed by atoms with Crippen molar-refractivity contribution < 1.29 is 4.79 Å². The number of amides is 1. The third kappa shape index (κ3) is 2.69. The van der Waals surface area contributed by atoms with Crippen LogP contribution in [0.15, 0.2) is 42.5 Å². The molecule has 0 N–H and O–H groups in total. The smallest absolute Gasteiger partial charge is 0.223 e. The van der Waals surface area contributed by atoms with Crippen molar-refractivity contribution in [3.63, 3.8) is 0 Å². The van der Waals surface area contributed by atoms with Crippen LogP contribution in [0.4, 0.5) is 0 Å². The topological polar surface area (TPSA) is 20.3 Å². The van der Waals surface area contributed by atoms with E-state index in [-0.39, 0.29) is 5.91 Å². The summed E-state index contributed by atoms with van der Waals surface area (Å²) < 4.78 is 0. The van der Waals surface area contributed by atoms with Crippen molar-refractivity contribution in [2.75, 3.05) is 13.1 Å². The maximum Gasteiger partial charge on any atom is 0.223 e. The number of carbonyl (C=O) groups excluding carboxylic acids is 1. The Hall–Kier alpha value is -1.57. The molecule has 0 unspecified atom stereocenters. The standard InChI is InChI=1S/C13H15NO/c15-13(14-10-4-5-11-14)9-8-12-6-2-1-3-7-12/h1-7H,8-11H2. The maximum absolute atomic E-state index is 11.7. The number of nitrogens with zero attached hydrogens (tertiary/aromatic N) is 1. The molecule has 2 rings (SSSR count). The Morgan fingerprint density at radius 2 is 1.80 bits per heavy atom. The fourth-order valence-electron chi connectivity index (χ4n) is 1.74. The van der Waals surface area contributed by atoms with Crippen LogP contribution in [0.25, 0.3) is 0 Å². The van der Waals surface area contributed by atoms with E-state index >= 15 is 0 Å². The lowest BCUT2D eigenvalue weighted by Gasteiger charge is -2.14. The highest BCUT2D eigenvalue weighted by Crippen LogP contribution is 2.07. The molecule has 2 heteroatoms. The van der Waals surface area contributed by atoms with E-state index in [1.54, 1.807) is 0 Å². The normalized spacial score (nSPS) is 14.5. The minimum atomic E-state index is 0.254. The van der Waals surface area contributed by atoms with Crippen LogP contribution in [-0.4, -0.2) is 23.9 Å². The molecule has 1 aromatic rings. The molecule has 0 atom stereocenters. The van der Waals surface area contributed by atoms with Crippen LogP contribution in [0.3, 0.4) is 0 Å². The van der Waals surface area contributed by atoms with Crippen LogP contribution in [0.5, 0.6) is 0 Å². The quantitative estimate of drug-likeness (QED) is 0.685. The minimum absolute atomic E-state index is 0.254. The van der Waals surface area contributed by atoms with Crippen LogP contribution in [0.2, 0.25) is 0 Å². The summed E-state index contributed by atoms with van der Waals surface area (Å²) in [5, 5.41) is 0. The first kappa shape index (κ1) is 9.97. The molecular formula is C13H15NO. The van der Waals surface area contributed by atoms with Gasteiger partial charge in [0.2, 0.25) is 5.91 Å². The Kier molecular flexibility index (Phi) is 3.18. The van der Waals surface area contributed by atoms with Crippen LogP contribution in [0.1, 0.15) is 12.0 Å². The number of hydrogen-bond acceptors (Lipinski definition) is 1. The molecule has 0 fully saturated rings. The average molecular weight is 201 g/mol. The van der Waals surface area contributed by atoms with Gasteiger partial charge in [-0.15, -0.1) is 0 Å². The molecular weight excluding hydrogens is 186 g/mol. The molecule has 0 bridgehead atoms. The zero-order chi connectivity index (χ0) is 10.5. The summed E-state index contributed by atoms with van der Waals surface area (Å²) in [6, 6.07) is 10.1. The lowest BCUT2D eigenvalue weighted by Crippen LogP contribution is -2.28. The summed E-state index contributed by atoms with van der Waals surface area (Å²) in [4.78, 5) is 13.6. The predicted octanol–water partition coefficient (Wildman–Crippen LogP) is 2.02. The van der Waals surface area contributed by atoms with Crippen LogP contribution >= 0.6 is 0 Å². The molecule has 0 radical (unpaired) electrons. The zero-order valence-corrected chi connectivity index (χ0v) is 8.73. The van der Waals surface area contributed by atoms with Gasteiger partial charge in [0.1, 0.15) is 0 Å². The second kappa shape index (κ2) is 4.78. The van der Waals surface area contributed by atoms with Gasteiger partial charge in [-0.3, -0.25) is 4.79 Å². The molecule has 0 saturated heterocycles. The maximum atomic E-state index is 11.7. The first-order valence-corrected chi connectivity index (χ1v) is 5.33. The van der Waals surface area contributed by atoms with Crippen molar-refractivity contribution in [2.45, 2.75) is 12.8 Å². The Morgan fingerprint density at radius 3 is 2.47 bits per heavy atom. The van der Waals surface area contributed by atoms with Gasteiger partial charge >= 0.3 is 0 Å². The van der Waals surface area contributed by atoms with Crippen LogP contribution in [-0.2, 0) is 11.2 Å². The molecule has 1 amide bonds. The third-order valence-corrected chi connectivity index (χ3v) is 2.64. The highest BCUT2D eigenvalue weighted by atomic mass is 16.2. The second-order valence-electron chi connectivity index (χ2n) is 3.76. The number of rotatable bonds is 3. The molecule has 1 heterocycles. The number of carbonyl (C=O) groups is 1. The number of benzene rings is 1. The van der Waals surface area contributed by atoms with Gasteiger partial charge in [0.25, 0.3) is 0 Å². The Balaban J connectivity index is 1.81. The van der Waals surface area contributed by atoms with Gasteiger partial charge in [0.15, 0.2) is 0 Å². The second-order valence-corrected chi connectivity index (χ2v) is 3.76. The summed E-state index contributed by atoms with van der Waals surface area (Å²) in [5.74, 6) is 0.254. The van der Waals surface area contributed by atoms with E-state index in [1.807, 2.05) is 35.3 Å². The summed E-state index contributed by atoms with van der Waals surface area (Å²) in [5.41, 5.74) is 1.23. The Labute approximate surface area is 90.2 Å². The fourth-order valence-corrected chi connectivity index (χ4v) is 1.74. The third-order valence-electron chi connectivity index (χ3n) is 2.64. The summed E-state index contributed by atoms with van der Waals surface area (Å²) in [6.07, 6.45) is 5.54. The summed E-state index contributed by atoms with van der Waals surface area (Å²) in [7, 11) is 0. The lowest BCUT2D eigenvalue weighted by atomic mass is 10.1. The van der Waals surface area contributed by atoms with Crippen LogP contribution in [0, 0.1) is 0 Å². The van der Waals surface area contributed by atoms with Crippen molar-refractivity contribution >= 4 is 5.91 Å². The van der Waals surface area contributed by atoms with Gasteiger partial charge in [0.05, 0.1) is 0 Å². The Bertz CT molecular complexity index is 348. The van der Waals surface area contributed by atoms with Crippen molar-refractivity contribution in [1.82, 2.24) is 4.90 Å². The summed E-state index contributed by atoms with van der Waals surface area (Å²) in [6.45, 7) is 1.57. The minimum Gasteiger partial charge on any atom is -0.335 e. The first-order chi connectivity index (χ1) is 7.36. The van der Waals surface area contributed by atoms with Crippen molar-refractivity contribution in [3.05, 3.63) is 48.0 Å². The average Bonchev–Trinajstić information content (AvgIpc) is 2.81. The Morgan fingerprint density at radius 1 is 1.13 bits per heavy atom. The van der Waals surface area contributed by atoms with Gasteiger partial charge in [-0.1, -0.05) is 42.5 Å². The lowest BCUT2D eigenvalue weighted by molar-refractivity contribution is -0.129. The van der Waals surface area contributed by atoms with Gasteiger partial charge in [0, 0.05) is 19.5 Å².